The Morgan fingerprint density at radius 2 is 2.00 bits per heavy atom. The van der Waals surface area contributed by atoms with Crippen molar-refractivity contribution in [1.82, 2.24) is 0 Å². The van der Waals surface area contributed by atoms with E-state index >= 15 is 0 Å². The number of rotatable bonds is 5. The van der Waals surface area contributed by atoms with Gasteiger partial charge in [0.1, 0.15) is 5.75 Å². The van der Waals surface area contributed by atoms with Crippen molar-refractivity contribution in [2.24, 2.45) is 5.41 Å². The van der Waals surface area contributed by atoms with Gasteiger partial charge in [0.2, 0.25) is 0 Å². The first-order valence-corrected chi connectivity index (χ1v) is 5.91. The van der Waals surface area contributed by atoms with Gasteiger partial charge in [0.05, 0.1) is 19.8 Å². The quantitative estimate of drug-likeness (QED) is 0.763. The lowest BCUT2D eigenvalue weighted by Gasteiger charge is -2.22. The minimum absolute atomic E-state index is 0.228. The molecular formula is C15H17NO3. The second-order valence-corrected chi connectivity index (χ2v) is 4.16. The number of esters is 1. The minimum atomic E-state index is -1.38. The van der Waals surface area contributed by atoms with Crippen LogP contribution in [0.2, 0.25) is 0 Å². The number of nitriles is 1. The number of methoxy groups -OCH3 is 1. The van der Waals surface area contributed by atoms with Gasteiger partial charge in [-0.3, -0.25) is 0 Å². The maximum Gasteiger partial charge on any atom is 0.330 e. The van der Waals surface area contributed by atoms with Crippen LogP contribution in [0.3, 0.4) is 0 Å². The number of hydrogen-bond acceptors (Lipinski definition) is 4. The second-order valence-electron chi connectivity index (χ2n) is 4.16. The molecule has 1 aromatic carbocycles. The fourth-order valence-corrected chi connectivity index (χ4v) is 1.59. The predicted molar refractivity (Wildman–Crippen MR) is 72.4 cm³/mol. The molecule has 0 bridgehead atoms. The van der Waals surface area contributed by atoms with Gasteiger partial charge in [-0.05, 0) is 37.1 Å². The van der Waals surface area contributed by atoms with Crippen LogP contribution in [0.1, 0.15) is 19.4 Å². The van der Waals surface area contributed by atoms with Gasteiger partial charge in [0, 0.05) is 0 Å². The molecule has 0 radical (unpaired) electrons. The summed E-state index contributed by atoms with van der Waals surface area (Å²) < 4.78 is 10.00. The van der Waals surface area contributed by atoms with Gasteiger partial charge in [-0.1, -0.05) is 18.7 Å². The summed E-state index contributed by atoms with van der Waals surface area (Å²) in [5, 5.41) is 9.28. The van der Waals surface area contributed by atoms with Gasteiger partial charge in [-0.25, -0.2) is 4.79 Å². The molecule has 4 heteroatoms. The first-order valence-electron chi connectivity index (χ1n) is 5.91. The van der Waals surface area contributed by atoms with E-state index in [9.17, 15) is 10.1 Å². The van der Waals surface area contributed by atoms with E-state index in [1.165, 1.54) is 6.92 Å². The molecule has 0 fully saturated rings. The first-order chi connectivity index (χ1) is 8.99. The Morgan fingerprint density at radius 1 is 1.42 bits per heavy atom. The van der Waals surface area contributed by atoms with E-state index in [1.54, 1.807) is 38.3 Å². The van der Waals surface area contributed by atoms with Gasteiger partial charge < -0.3 is 9.47 Å². The fourth-order valence-electron chi connectivity index (χ4n) is 1.59. The van der Waals surface area contributed by atoms with Gasteiger partial charge in [-0.2, -0.15) is 5.26 Å². The lowest BCUT2D eigenvalue weighted by molar-refractivity contribution is -0.148. The number of carbonyl (C=O) groups excluding carboxylic acids is 1. The molecule has 4 nitrogen and oxygen atoms in total. The highest BCUT2D eigenvalue weighted by Gasteiger charge is 2.38. The van der Waals surface area contributed by atoms with Crippen LogP contribution in [0, 0.1) is 16.7 Å². The molecule has 0 amide bonds. The van der Waals surface area contributed by atoms with E-state index in [1.807, 2.05) is 6.07 Å². The Kier molecular flexibility index (Phi) is 4.71. The van der Waals surface area contributed by atoms with E-state index < -0.39 is 11.4 Å². The third-order valence-electron chi connectivity index (χ3n) is 2.95. The number of hydrogen-bond donors (Lipinski definition) is 0. The van der Waals surface area contributed by atoms with Crippen molar-refractivity contribution in [3.63, 3.8) is 0 Å². The van der Waals surface area contributed by atoms with Gasteiger partial charge in [0.15, 0.2) is 5.41 Å². The number of nitrogens with zero attached hydrogens (tertiary/aromatic N) is 1. The van der Waals surface area contributed by atoms with E-state index in [0.29, 0.717) is 16.9 Å². The fraction of sp³-hybridized carbons (Fsp3) is 0.333. The molecule has 0 aromatic heterocycles. The molecule has 0 N–H and O–H groups in total. The van der Waals surface area contributed by atoms with Crippen molar-refractivity contribution >= 4 is 11.5 Å². The monoisotopic (exact) mass is 259 g/mol. The first kappa shape index (κ1) is 14.8. The second kappa shape index (κ2) is 6.05. The molecule has 100 valence electrons. The predicted octanol–water partition coefficient (Wildman–Crippen LogP) is 2.80. The Bertz CT molecular complexity index is 513. The topological polar surface area (TPSA) is 59.3 Å². The standard InChI is InChI=1S/C15H17NO3/c1-5-19-14(17)15(3,10-16)11(2)12-6-8-13(18-4)9-7-12/h6-9H,2,5H2,1,3-4H3. The zero-order valence-electron chi connectivity index (χ0n) is 11.4. The number of benzene rings is 1. The van der Waals surface area contributed by atoms with Crippen LogP contribution in [0.4, 0.5) is 0 Å². The summed E-state index contributed by atoms with van der Waals surface area (Å²) in [6.07, 6.45) is 0. The Hall–Kier alpha value is -2.28. The highest BCUT2D eigenvalue weighted by atomic mass is 16.5. The molecule has 1 unspecified atom stereocenters. The van der Waals surface area contributed by atoms with Crippen LogP contribution in [0.15, 0.2) is 30.8 Å². The summed E-state index contributed by atoms with van der Waals surface area (Å²) in [6.45, 7) is 7.30. The van der Waals surface area contributed by atoms with Crippen molar-refractivity contribution in [3.8, 4) is 11.8 Å². The average molecular weight is 259 g/mol. The summed E-state index contributed by atoms with van der Waals surface area (Å²) in [7, 11) is 1.57. The molecular weight excluding hydrogens is 242 g/mol. The Labute approximate surface area is 113 Å². The average Bonchev–Trinajstić information content (AvgIpc) is 2.46. The number of ether oxygens (including phenoxy) is 2. The van der Waals surface area contributed by atoms with Crippen molar-refractivity contribution < 1.29 is 14.3 Å². The number of carbonyl (C=O) groups is 1. The smallest absolute Gasteiger partial charge is 0.330 e. The minimum Gasteiger partial charge on any atom is -0.497 e. The molecule has 19 heavy (non-hydrogen) atoms. The summed E-state index contributed by atoms with van der Waals surface area (Å²) >= 11 is 0. The third-order valence-corrected chi connectivity index (χ3v) is 2.95. The van der Waals surface area contributed by atoms with Crippen LogP contribution in [-0.2, 0) is 9.53 Å². The molecule has 1 atom stereocenters. The van der Waals surface area contributed by atoms with E-state index in [4.69, 9.17) is 9.47 Å². The molecule has 0 aliphatic carbocycles. The van der Waals surface area contributed by atoms with Gasteiger partial charge in [0.25, 0.3) is 0 Å². The van der Waals surface area contributed by atoms with E-state index in [-0.39, 0.29) is 6.61 Å². The SMILES string of the molecule is C=C(c1ccc(OC)cc1)C(C)(C#N)C(=O)OCC. The molecule has 1 rings (SSSR count). The molecule has 0 spiro atoms. The van der Waals surface area contributed by atoms with Crippen LogP contribution < -0.4 is 4.74 Å². The Balaban J connectivity index is 3.07. The molecule has 0 aliphatic heterocycles. The van der Waals surface area contributed by atoms with Crippen LogP contribution in [0.5, 0.6) is 5.75 Å². The van der Waals surface area contributed by atoms with Crippen molar-refractivity contribution in [2.75, 3.05) is 13.7 Å². The zero-order chi connectivity index (χ0) is 14.5. The lowest BCUT2D eigenvalue weighted by Crippen LogP contribution is -2.29. The summed E-state index contributed by atoms with van der Waals surface area (Å²) in [5.41, 5.74) is -0.265. The lowest BCUT2D eigenvalue weighted by atomic mass is 9.80. The molecule has 0 aliphatic rings. The van der Waals surface area contributed by atoms with E-state index in [2.05, 4.69) is 6.58 Å². The van der Waals surface area contributed by atoms with Crippen LogP contribution >= 0.6 is 0 Å². The zero-order valence-corrected chi connectivity index (χ0v) is 11.4. The Morgan fingerprint density at radius 3 is 2.42 bits per heavy atom. The van der Waals surface area contributed by atoms with E-state index in [0.717, 1.165) is 0 Å². The van der Waals surface area contributed by atoms with Crippen LogP contribution in [-0.4, -0.2) is 19.7 Å². The van der Waals surface area contributed by atoms with Gasteiger partial charge >= 0.3 is 5.97 Å². The highest BCUT2D eigenvalue weighted by molar-refractivity contribution is 5.95. The van der Waals surface area contributed by atoms with Gasteiger partial charge in [-0.15, -0.1) is 0 Å². The summed E-state index contributed by atoms with van der Waals surface area (Å²) in [6, 6.07) is 9.01. The highest BCUT2D eigenvalue weighted by Crippen LogP contribution is 2.34. The van der Waals surface area contributed by atoms with Crippen molar-refractivity contribution in [2.45, 2.75) is 13.8 Å². The van der Waals surface area contributed by atoms with Crippen LogP contribution in [0.25, 0.3) is 5.57 Å². The van der Waals surface area contributed by atoms with Crippen molar-refractivity contribution in [1.29, 1.82) is 5.26 Å². The maximum absolute atomic E-state index is 11.9. The normalized spacial score (nSPS) is 12.9. The summed E-state index contributed by atoms with van der Waals surface area (Å²) in [5.74, 6) is 0.115. The third kappa shape index (κ3) is 2.94. The molecule has 0 heterocycles. The molecule has 0 saturated carbocycles. The molecule has 0 saturated heterocycles. The van der Waals surface area contributed by atoms with Crippen molar-refractivity contribution in [3.05, 3.63) is 36.4 Å². The maximum atomic E-state index is 11.9. The largest absolute Gasteiger partial charge is 0.497 e. The molecule has 1 aromatic rings. The summed E-state index contributed by atoms with van der Waals surface area (Å²) in [4.78, 5) is 11.9.